The van der Waals surface area contributed by atoms with Gasteiger partial charge in [0.2, 0.25) is 0 Å². The van der Waals surface area contributed by atoms with Gasteiger partial charge in [0.1, 0.15) is 9.83 Å². The number of amides is 1. The maximum atomic E-state index is 13.0. The molecule has 2 aromatic heterocycles. The van der Waals surface area contributed by atoms with Crippen LogP contribution >= 0.6 is 23.5 Å². The summed E-state index contributed by atoms with van der Waals surface area (Å²) in [6.07, 6.45) is -1.61. The van der Waals surface area contributed by atoms with E-state index < -0.39 is 16.7 Å². The fourth-order valence-electron chi connectivity index (χ4n) is 4.85. The summed E-state index contributed by atoms with van der Waals surface area (Å²) in [5, 5.41) is 15.0. The van der Waals surface area contributed by atoms with E-state index in [4.69, 9.17) is 9.84 Å². The van der Waals surface area contributed by atoms with Crippen LogP contribution in [0.5, 0.6) is 5.75 Å². The Kier molecular flexibility index (Phi) is 7.61. The molecular formula is C30H28F3N5O2S2. The Morgan fingerprint density at radius 2 is 1.86 bits per heavy atom. The zero-order chi connectivity index (χ0) is 29.5. The highest BCUT2D eigenvalue weighted by Crippen LogP contribution is 2.57. The molecule has 42 heavy (non-hydrogen) atoms. The number of aromatic nitrogens is 3. The van der Waals surface area contributed by atoms with E-state index in [2.05, 4.69) is 15.6 Å². The van der Waals surface area contributed by atoms with Crippen LogP contribution in [0.25, 0.3) is 16.9 Å². The molecule has 1 amide bonds. The highest BCUT2D eigenvalue weighted by Gasteiger charge is 2.40. The number of imidazole rings is 1. The van der Waals surface area contributed by atoms with Crippen molar-refractivity contribution in [3.8, 4) is 17.0 Å². The first-order valence-corrected chi connectivity index (χ1v) is 15.2. The Morgan fingerprint density at radius 3 is 2.50 bits per heavy atom. The summed E-state index contributed by atoms with van der Waals surface area (Å²) in [6, 6.07) is 15.3. The second-order valence-corrected chi connectivity index (χ2v) is 12.7. The van der Waals surface area contributed by atoms with Crippen molar-refractivity contribution in [2.24, 2.45) is 0 Å². The predicted molar refractivity (Wildman–Crippen MR) is 161 cm³/mol. The lowest BCUT2D eigenvalue weighted by molar-refractivity contribution is -0.131. The molecule has 3 heterocycles. The molecule has 0 atom stereocenters. The lowest BCUT2D eigenvalue weighted by atomic mass is 10.0. The summed E-state index contributed by atoms with van der Waals surface area (Å²) in [5.74, 6) is 0.620. The van der Waals surface area contributed by atoms with Crippen LogP contribution in [0.4, 0.5) is 18.9 Å². The number of benzene rings is 2. The number of ether oxygens (including phenoxy) is 1. The van der Waals surface area contributed by atoms with E-state index in [1.807, 2.05) is 54.1 Å². The summed E-state index contributed by atoms with van der Waals surface area (Å²) in [5.41, 5.74) is 5.33. The molecule has 0 unspecified atom stereocenters. The molecule has 2 aliphatic rings. The fourth-order valence-corrected chi connectivity index (χ4v) is 7.22. The van der Waals surface area contributed by atoms with Crippen LogP contribution in [0.1, 0.15) is 46.4 Å². The summed E-state index contributed by atoms with van der Waals surface area (Å²) in [7, 11) is 1.61. The number of hydrogen-bond donors (Lipinski definition) is 2. The monoisotopic (exact) mass is 611 g/mol. The summed E-state index contributed by atoms with van der Waals surface area (Å²) in [4.78, 5) is 17.3. The van der Waals surface area contributed by atoms with Gasteiger partial charge < -0.3 is 15.4 Å². The molecule has 1 saturated carbocycles. The van der Waals surface area contributed by atoms with Crippen LogP contribution in [0, 0.1) is 6.92 Å². The maximum Gasteiger partial charge on any atom is 0.390 e. The third kappa shape index (κ3) is 5.69. The standard InChI is InChI=1S/C30H28F3N5O2S2/c1-18-15-19(3-10-23(18)28(39)36-21-6-7-21)25-17-35-27-24(34-12-11-29(31,32)33)16-26(37-38(25)27)30(41-13-14-42-30)20-4-8-22(40-2)9-5-20/h3-5,8-10,13-17,21,34H,6-7,11-12H2,1-2H3,(H,36,39). The normalized spacial score (nSPS) is 16.1. The second-order valence-electron chi connectivity index (χ2n) is 10.2. The second kappa shape index (κ2) is 11.2. The van der Waals surface area contributed by atoms with Crippen molar-refractivity contribution in [3.05, 3.63) is 87.9 Å². The predicted octanol–water partition coefficient (Wildman–Crippen LogP) is 7.12. The number of fused-ring (bicyclic) bond motifs is 1. The van der Waals surface area contributed by atoms with Crippen molar-refractivity contribution < 1.29 is 22.7 Å². The molecule has 0 bridgehead atoms. The number of nitrogens with one attached hydrogen (secondary N) is 2. The topological polar surface area (TPSA) is 80.5 Å². The van der Waals surface area contributed by atoms with Crippen LogP contribution in [0.2, 0.25) is 0 Å². The van der Waals surface area contributed by atoms with Gasteiger partial charge in [0, 0.05) is 23.7 Å². The molecule has 2 N–H and O–H groups in total. The Balaban J connectivity index is 1.45. The van der Waals surface area contributed by atoms with E-state index in [0.717, 1.165) is 29.5 Å². The van der Waals surface area contributed by atoms with Gasteiger partial charge in [0.25, 0.3) is 5.91 Å². The Hall–Kier alpha value is -3.64. The fraction of sp³-hybridized carbons (Fsp3) is 0.300. The number of methoxy groups -OCH3 is 1. The Bertz CT molecular complexity index is 1660. The summed E-state index contributed by atoms with van der Waals surface area (Å²) in [6.45, 7) is 1.58. The van der Waals surface area contributed by atoms with Gasteiger partial charge in [-0.15, -0.1) is 23.5 Å². The van der Waals surface area contributed by atoms with Crippen molar-refractivity contribution in [1.29, 1.82) is 0 Å². The van der Waals surface area contributed by atoms with E-state index >= 15 is 0 Å². The van der Waals surface area contributed by atoms with E-state index in [-0.39, 0.29) is 18.5 Å². The van der Waals surface area contributed by atoms with Crippen LogP contribution in [0.15, 0.2) is 65.5 Å². The molecule has 218 valence electrons. The minimum absolute atomic E-state index is 0.0968. The SMILES string of the molecule is COc1ccc(C2(c3cc(NCCC(F)(F)F)c4ncc(-c5ccc(C(=O)NC6CC6)c(C)c5)n4n3)SC=CS2)cc1. The molecule has 1 aliphatic heterocycles. The number of rotatable bonds is 9. The first-order valence-electron chi connectivity index (χ1n) is 13.4. The molecule has 6 rings (SSSR count). The van der Waals surface area contributed by atoms with Gasteiger partial charge in [0.05, 0.1) is 36.8 Å². The highest BCUT2D eigenvalue weighted by molar-refractivity contribution is 8.23. The number of thioether (sulfide) groups is 2. The van der Waals surface area contributed by atoms with Crippen LogP contribution < -0.4 is 15.4 Å². The number of aryl methyl sites for hydroxylation is 1. The average molecular weight is 612 g/mol. The first-order chi connectivity index (χ1) is 20.2. The third-order valence-electron chi connectivity index (χ3n) is 7.20. The lowest BCUT2D eigenvalue weighted by Gasteiger charge is -2.28. The number of anilines is 1. The van der Waals surface area contributed by atoms with E-state index in [0.29, 0.717) is 34.0 Å². The van der Waals surface area contributed by atoms with Crippen LogP contribution in [-0.2, 0) is 4.08 Å². The molecule has 1 fully saturated rings. The zero-order valence-corrected chi connectivity index (χ0v) is 24.5. The zero-order valence-electron chi connectivity index (χ0n) is 22.9. The number of nitrogens with zero attached hydrogens (tertiary/aromatic N) is 3. The van der Waals surface area contributed by atoms with Gasteiger partial charge in [-0.3, -0.25) is 4.79 Å². The largest absolute Gasteiger partial charge is 0.497 e. The molecule has 0 spiro atoms. The molecule has 7 nitrogen and oxygen atoms in total. The first kappa shape index (κ1) is 28.5. The molecular weight excluding hydrogens is 583 g/mol. The van der Waals surface area contributed by atoms with Crippen molar-refractivity contribution >= 4 is 40.8 Å². The number of halogens is 3. The number of carbonyl (C=O) groups is 1. The quantitative estimate of drug-likeness (QED) is 0.209. The molecule has 4 aromatic rings. The van der Waals surface area contributed by atoms with Crippen LogP contribution in [0.3, 0.4) is 0 Å². The molecule has 0 saturated heterocycles. The molecule has 12 heteroatoms. The highest BCUT2D eigenvalue weighted by atomic mass is 32.2. The molecule has 0 radical (unpaired) electrons. The van der Waals surface area contributed by atoms with Crippen molar-refractivity contribution in [3.63, 3.8) is 0 Å². The van der Waals surface area contributed by atoms with Crippen LogP contribution in [-0.4, -0.2) is 46.4 Å². The number of carbonyl (C=O) groups excluding carboxylic acids is 1. The Morgan fingerprint density at radius 1 is 1.12 bits per heavy atom. The number of alkyl halides is 3. The van der Waals surface area contributed by atoms with Gasteiger partial charge in [-0.1, -0.05) is 18.2 Å². The van der Waals surface area contributed by atoms with Gasteiger partial charge in [-0.2, -0.15) is 18.3 Å². The average Bonchev–Trinajstić information content (AvgIpc) is 3.45. The van der Waals surface area contributed by atoms with Crippen molar-refractivity contribution in [2.75, 3.05) is 19.0 Å². The Labute approximate surface area is 249 Å². The minimum atomic E-state index is -4.30. The number of hydrogen-bond acceptors (Lipinski definition) is 7. The smallest absolute Gasteiger partial charge is 0.390 e. The van der Waals surface area contributed by atoms with Crippen molar-refractivity contribution in [2.45, 2.75) is 42.5 Å². The van der Waals surface area contributed by atoms with Gasteiger partial charge in [-0.05, 0) is 72.0 Å². The van der Waals surface area contributed by atoms with Gasteiger partial charge in [0.15, 0.2) is 5.65 Å². The van der Waals surface area contributed by atoms with E-state index in [1.54, 1.807) is 53.5 Å². The molecule has 2 aromatic carbocycles. The van der Waals surface area contributed by atoms with Crippen molar-refractivity contribution in [1.82, 2.24) is 19.9 Å². The van der Waals surface area contributed by atoms with E-state index in [1.165, 1.54) is 0 Å². The third-order valence-corrected chi connectivity index (χ3v) is 10.0. The minimum Gasteiger partial charge on any atom is -0.497 e. The summed E-state index contributed by atoms with van der Waals surface area (Å²) < 4.78 is 45.5. The lowest BCUT2D eigenvalue weighted by Crippen LogP contribution is -2.26. The maximum absolute atomic E-state index is 13.0. The molecule has 1 aliphatic carbocycles. The van der Waals surface area contributed by atoms with Gasteiger partial charge >= 0.3 is 6.18 Å². The van der Waals surface area contributed by atoms with Gasteiger partial charge in [-0.25, -0.2) is 9.50 Å². The van der Waals surface area contributed by atoms with E-state index in [9.17, 15) is 18.0 Å². The summed E-state index contributed by atoms with van der Waals surface area (Å²) >= 11 is 3.14.